The van der Waals surface area contributed by atoms with Gasteiger partial charge >= 0.3 is 6.09 Å². The molecule has 1 rings (SSSR count). The first-order valence-electron chi connectivity index (χ1n) is 6.99. The van der Waals surface area contributed by atoms with E-state index >= 15 is 0 Å². The Hall–Kier alpha value is -2.04. The molecule has 21 heavy (non-hydrogen) atoms. The Morgan fingerprint density at radius 3 is 2.33 bits per heavy atom. The minimum absolute atomic E-state index is 0.0755. The van der Waals surface area contributed by atoms with Crippen molar-refractivity contribution in [2.75, 3.05) is 13.6 Å². The van der Waals surface area contributed by atoms with E-state index in [1.165, 1.54) is 0 Å². The SMILES string of the molecule is C[C@@H](CN(C)C(=O)c1ccccc1)NC(=O)OC(C)(C)C. The van der Waals surface area contributed by atoms with Crippen LogP contribution in [0, 0.1) is 0 Å². The average molecular weight is 292 g/mol. The third-order valence-electron chi connectivity index (χ3n) is 2.68. The van der Waals surface area contributed by atoms with Crippen LogP contribution < -0.4 is 5.32 Å². The van der Waals surface area contributed by atoms with Gasteiger partial charge in [-0.1, -0.05) is 18.2 Å². The number of carbonyl (C=O) groups is 2. The summed E-state index contributed by atoms with van der Waals surface area (Å²) in [6, 6.07) is 8.85. The van der Waals surface area contributed by atoms with Crippen molar-refractivity contribution in [2.24, 2.45) is 0 Å². The lowest BCUT2D eigenvalue weighted by Gasteiger charge is -2.25. The summed E-state index contributed by atoms with van der Waals surface area (Å²) >= 11 is 0. The number of ether oxygens (including phenoxy) is 1. The zero-order valence-corrected chi connectivity index (χ0v) is 13.3. The summed E-state index contributed by atoms with van der Waals surface area (Å²) in [6.07, 6.45) is -0.476. The second kappa shape index (κ2) is 7.11. The third-order valence-corrected chi connectivity index (χ3v) is 2.68. The standard InChI is InChI=1S/C16H24N2O3/c1-12(17-15(20)21-16(2,3)4)11-18(5)14(19)13-9-7-6-8-10-13/h6-10,12H,11H2,1-5H3,(H,17,20)/t12-/m0/s1. The van der Waals surface area contributed by atoms with Crippen LogP contribution in [0.5, 0.6) is 0 Å². The normalized spacial score (nSPS) is 12.4. The van der Waals surface area contributed by atoms with Gasteiger partial charge in [0.1, 0.15) is 5.60 Å². The number of nitrogens with zero attached hydrogens (tertiary/aromatic N) is 1. The van der Waals surface area contributed by atoms with Gasteiger partial charge in [-0.05, 0) is 39.8 Å². The number of alkyl carbamates (subject to hydrolysis) is 1. The highest BCUT2D eigenvalue weighted by atomic mass is 16.6. The minimum Gasteiger partial charge on any atom is -0.444 e. The zero-order chi connectivity index (χ0) is 16.0. The van der Waals surface area contributed by atoms with Crippen molar-refractivity contribution < 1.29 is 14.3 Å². The fraction of sp³-hybridized carbons (Fsp3) is 0.500. The lowest BCUT2D eigenvalue weighted by Crippen LogP contribution is -2.44. The lowest BCUT2D eigenvalue weighted by atomic mass is 10.2. The van der Waals surface area contributed by atoms with Crippen molar-refractivity contribution in [1.29, 1.82) is 0 Å². The molecule has 5 heteroatoms. The number of likely N-dealkylation sites (N-methyl/N-ethyl adjacent to an activating group) is 1. The molecule has 1 aromatic carbocycles. The summed E-state index contributed by atoms with van der Waals surface area (Å²) < 4.78 is 5.18. The number of nitrogens with one attached hydrogen (secondary N) is 1. The van der Waals surface area contributed by atoms with Crippen LogP contribution in [0.1, 0.15) is 38.1 Å². The first-order chi connectivity index (χ1) is 9.69. The van der Waals surface area contributed by atoms with Crippen molar-refractivity contribution in [1.82, 2.24) is 10.2 Å². The molecule has 0 aliphatic rings. The lowest BCUT2D eigenvalue weighted by molar-refractivity contribution is 0.0491. The molecule has 0 aromatic heterocycles. The van der Waals surface area contributed by atoms with Crippen molar-refractivity contribution in [3.63, 3.8) is 0 Å². The molecular weight excluding hydrogens is 268 g/mol. The fourth-order valence-corrected chi connectivity index (χ4v) is 1.85. The van der Waals surface area contributed by atoms with Gasteiger partial charge in [0.15, 0.2) is 0 Å². The molecule has 0 heterocycles. The predicted octanol–water partition coefficient (Wildman–Crippen LogP) is 2.67. The van der Waals surface area contributed by atoms with E-state index in [0.717, 1.165) is 0 Å². The topological polar surface area (TPSA) is 58.6 Å². The van der Waals surface area contributed by atoms with Crippen LogP contribution in [0.15, 0.2) is 30.3 Å². The van der Waals surface area contributed by atoms with Crippen LogP contribution in [0.4, 0.5) is 4.79 Å². The Morgan fingerprint density at radius 2 is 1.81 bits per heavy atom. The van der Waals surface area contributed by atoms with E-state index in [1.54, 1.807) is 24.1 Å². The minimum atomic E-state index is -0.532. The third kappa shape index (κ3) is 6.29. The van der Waals surface area contributed by atoms with Crippen molar-refractivity contribution >= 4 is 12.0 Å². The van der Waals surface area contributed by atoms with Gasteiger partial charge in [0.2, 0.25) is 0 Å². The summed E-state index contributed by atoms with van der Waals surface area (Å²) in [5.74, 6) is -0.0755. The molecule has 0 radical (unpaired) electrons. The Labute approximate surface area is 126 Å². The number of amides is 2. The number of benzene rings is 1. The van der Waals surface area contributed by atoms with Gasteiger partial charge in [0.25, 0.3) is 5.91 Å². The van der Waals surface area contributed by atoms with E-state index in [-0.39, 0.29) is 11.9 Å². The van der Waals surface area contributed by atoms with Crippen LogP contribution in [0.3, 0.4) is 0 Å². The number of hydrogen-bond donors (Lipinski definition) is 1. The fourth-order valence-electron chi connectivity index (χ4n) is 1.85. The number of carbonyl (C=O) groups excluding carboxylic acids is 2. The average Bonchev–Trinajstić information content (AvgIpc) is 2.36. The van der Waals surface area contributed by atoms with E-state index in [4.69, 9.17) is 4.74 Å². The Morgan fingerprint density at radius 1 is 1.24 bits per heavy atom. The zero-order valence-electron chi connectivity index (χ0n) is 13.3. The number of rotatable bonds is 4. The van der Waals surface area contributed by atoms with Gasteiger partial charge in [-0.2, -0.15) is 0 Å². The summed E-state index contributed by atoms with van der Waals surface area (Å²) in [7, 11) is 1.71. The molecule has 0 fully saturated rings. The van der Waals surface area contributed by atoms with Crippen LogP contribution in [0.2, 0.25) is 0 Å². The monoisotopic (exact) mass is 292 g/mol. The molecular formula is C16H24N2O3. The van der Waals surface area contributed by atoms with Crippen LogP contribution in [0.25, 0.3) is 0 Å². The first kappa shape index (κ1) is 17.0. The molecule has 1 aromatic rings. The summed E-state index contributed by atoms with van der Waals surface area (Å²) in [6.45, 7) is 7.67. The van der Waals surface area contributed by atoms with E-state index in [9.17, 15) is 9.59 Å². The second-order valence-corrected chi connectivity index (χ2v) is 6.10. The van der Waals surface area contributed by atoms with Crippen molar-refractivity contribution in [2.45, 2.75) is 39.3 Å². The van der Waals surface area contributed by atoms with E-state index in [1.807, 2.05) is 45.9 Å². The maximum absolute atomic E-state index is 12.2. The van der Waals surface area contributed by atoms with Crippen LogP contribution in [-0.2, 0) is 4.74 Å². The Bertz CT molecular complexity index is 480. The van der Waals surface area contributed by atoms with E-state index < -0.39 is 11.7 Å². The molecule has 0 bridgehead atoms. The molecule has 0 spiro atoms. The van der Waals surface area contributed by atoms with Crippen molar-refractivity contribution in [3.8, 4) is 0 Å². The Balaban J connectivity index is 2.49. The van der Waals surface area contributed by atoms with Crippen LogP contribution >= 0.6 is 0 Å². The highest BCUT2D eigenvalue weighted by Gasteiger charge is 2.19. The van der Waals surface area contributed by atoms with E-state index in [0.29, 0.717) is 12.1 Å². The summed E-state index contributed by atoms with van der Waals surface area (Å²) in [4.78, 5) is 25.4. The molecule has 5 nitrogen and oxygen atoms in total. The molecule has 2 amide bonds. The van der Waals surface area contributed by atoms with Crippen molar-refractivity contribution in [3.05, 3.63) is 35.9 Å². The van der Waals surface area contributed by atoms with Gasteiger partial charge in [-0.25, -0.2) is 4.79 Å². The maximum Gasteiger partial charge on any atom is 0.407 e. The highest BCUT2D eigenvalue weighted by molar-refractivity contribution is 5.94. The maximum atomic E-state index is 12.2. The van der Waals surface area contributed by atoms with Gasteiger partial charge in [-0.3, -0.25) is 4.79 Å². The molecule has 0 aliphatic carbocycles. The van der Waals surface area contributed by atoms with Gasteiger partial charge in [0.05, 0.1) is 0 Å². The largest absolute Gasteiger partial charge is 0.444 e. The van der Waals surface area contributed by atoms with E-state index in [2.05, 4.69) is 5.32 Å². The van der Waals surface area contributed by atoms with Gasteiger partial charge in [-0.15, -0.1) is 0 Å². The van der Waals surface area contributed by atoms with Gasteiger partial charge < -0.3 is 15.0 Å². The molecule has 0 unspecified atom stereocenters. The molecule has 0 saturated carbocycles. The molecule has 0 aliphatic heterocycles. The highest BCUT2D eigenvalue weighted by Crippen LogP contribution is 2.07. The number of hydrogen-bond acceptors (Lipinski definition) is 3. The summed E-state index contributed by atoms with van der Waals surface area (Å²) in [5.41, 5.74) is 0.0970. The predicted molar refractivity (Wildman–Crippen MR) is 82.2 cm³/mol. The quantitative estimate of drug-likeness (QED) is 0.928. The molecule has 0 saturated heterocycles. The Kier molecular flexibility index (Phi) is 5.76. The molecule has 116 valence electrons. The summed E-state index contributed by atoms with van der Waals surface area (Å²) in [5, 5.41) is 2.72. The van der Waals surface area contributed by atoms with Gasteiger partial charge in [0, 0.05) is 25.2 Å². The molecule has 1 atom stereocenters. The second-order valence-electron chi connectivity index (χ2n) is 6.10. The van der Waals surface area contributed by atoms with Crippen LogP contribution in [-0.4, -0.2) is 42.1 Å². The molecule has 1 N–H and O–H groups in total. The first-order valence-corrected chi connectivity index (χ1v) is 6.99. The smallest absolute Gasteiger partial charge is 0.407 e.